The lowest BCUT2D eigenvalue weighted by atomic mass is 10.1. The molecule has 1 unspecified atom stereocenters. The van der Waals surface area contributed by atoms with Gasteiger partial charge in [-0.2, -0.15) is 20.5 Å². The van der Waals surface area contributed by atoms with Crippen LogP contribution in [0.25, 0.3) is 0 Å². The van der Waals surface area contributed by atoms with Gasteiger partial charge in [-0.3, -0.25) is 9.59 Å². The molecule has 0 spiro atoms. The Labute approximate surface area is 113 Å². The van der Waals surface area contributed by atoms with Gasteiger partial charge >= 0.3 is 12.3 Å². The Bertz CT molecular complexity index is 343. The summed E-state index contributed by atoms with van der Waals surface area (Å²) in [7, 11) is 0. The van der Waals surface area contributed by atoms with Crippen LogP contribution in [0.5, 0.6) is 0 Å². The highest BCUT2D eigenvalue weighted by Gasteiger charge is 2.53. The minimum atomic E-state index is -4.74. The van der Waals surface area contributed by atoms with Crippen LogP contribution in [0.4, 0.5) is 17.6 Å². The first-order valence-electron chi connectivity index (χ1n) is 4.95. The van der Waals surface area contributed by atoms with Crippen molar-refractivity contribution in [3.8, 4) is 0 Å². The van der Waals surface area contributed by atoms with E-state index in [1.54, 1.807) is 0 Å². The lowest BCUT2D eigenvalue weighted by Crippen LogP contribution is -2.57. The second kappa shape index (κ2) is 6.23. The third-order valence-corrected chi connectivity index (χ3v) is 4.03. The van der Waals surface area contributed by atoms with E-state index in [0.717, 1.165) is 0 Å². The summed E-state index contributed by atoms with van der Waals surface area (Å²) < 4.78 is 50.3. The van der Waals surface area contributed by atoms with E-state index in [9.17, 15) is 27.2 Å². The summed E-state index contributed by atoms with van der Waals surface area (Å²) in [5.74, 6) is -6.70. The van der Waals surface area contributed by atoms with Gasteiger partial charge in [0.2, 0.25) is 0 Å². The van der Waals surface area contributed by atoms with Crippen molar-refractivity contribution in [2.24, 2.45) is 0 Å². The van der Waals surface area contributed by atoms with Gasteiger partial charge < -0.3 is 4.90 Å². The number of carbonyl (C=O) groups is 2. The topological polar surface area (TPSA) is 37.4 Å². The highest BCUT2D eigenvalue weighted by Crippen LogP contribution is 2.29. The normalized spacial score (nSPS) is 21.2. The van der Waals surface area contributed by atoms with Crippen molar-refractivity contribution in [1.29, 1.82) is 0 Å². The Kier molecular flexibility index (Phi) is 5.45. The summed E-state index contributed by atoms with van der Waals surface area (Å²) in [6.07, 6.45) is -4.07. The molecule has 1 rings (SSSR count). The van der Waals surface area contributed by atoms with Gasteiger partial charge in [0.15, 0.2) is 5.78 Å². The number of ketones is 1. The molecule has 0 bridgehead atoms. The zero-order valence-corrected chi connectivity index (χ0v) is 11.4. The van der Waals surface area contributed by atoms with E-state index in [2.05, 4.69) is 15.9 Å². The average Bonchev–Trinajstić information content (AvgIpc) is 2.36. The van der Waals surface area contributed by atoms with Crippen molar-refractivity contribution in [1.82, 2.24) is 4.90 Å². The average molecular weight is 352 g/mol. The molecule has 9 heteroatoms. The van der Waals surface area contributed by atoms with Gasteiger partial charge in [-0.1, -0.05) is 15.9 Å². The fraction of sp³-hybridized carbons (Fsp3) is 0.778. The van der Waals surface area contributed by atoms with Gasteiger partial charge in [0.25, 0.3) is 5.91 Å². The number of Topliss-reactive ketones (excluding diaryl/α,β-unsaturated/α-hetero) is 1. The number of hydrogen-bond donors (Lipinski definition) is 0. The highest BCUT2D eigenvalue weighted by atomic mass is 79.9. The molecule has 0 saturated carbocycles. The first kappa shape index (κ1) is 15.7. The van der Waals surface area contributed by atoms with Crippen LogP contribution in [0.3, 0.4) is 0 Å². The second-order valence-corrected chi connectivity index (χ2v) is 5.32. The van der Waals surface area contributed by atoms with Crippen molar-refractivity contribution in [3.63, 3.8) is 0 Å². The van der Waals surface area contributed by atoms with Crippen LogP contribution in [0.15, 0.2) is 0 Å². The van der Waals surface area contributed by atoms with Crippen molar-refractivity contribution in [2.45, 2.75) is 18.4 Å². The monoisotopic (exact) mass is 351 g/mol. The molecule has 1 saturated heterocycles. The smallest absolute Gasteiger partial charge is 0.326 e. The van der Waals surface area contributed by atoms with E-state index in [0.29, 0.717) is 10.7 Å². The van der Waals surface area contributed by atoms with Crippen LogP contribution >= 0.6 is 27.7 Å². The molecule has 1 atom stereocenters. The third kappa shape index (κ3) is 3.17. The molecule has 0 N–H and O–H groups in total. The molecule has 0 aromatic rings. The van der Waals surface area contributed by atoms with E-state index in [4.69, 9.17) is 0 Å². The maximum Gasteiger partial charge on any atom is 0.383 e. The number of carbonyl (C=O) groups excluding carboxylic acids is 2. The van der Waals surface area contributed by atoms with Crippen molar-refractivity contribution >= 4 is 39.4 Å². The summed E-state index contributed by atoms with van der Waals surface area (Å²) in [5, 5.41) is -0.109. The molecular weight excluding hydrogens is 342 g/mol. The molecule has 1 amide bonds. The Morgan fingerprint density at radius 3 is 2.56 bits per heavy atom. The maximum absolute atomic E-state index is 13.0. The molecule has 104 valence electrons. The van der Waals surface area contributed by atoms with Gasteiger partial charge in [0, 0.05) is 18.1 Å². The zero-order chi connectivity index (χ0) is 13.9. The predicted molar refractivity (Wildman–Crippen MR) is 62.6 cm³/mol. The van der Waals surface area contributed by atoms with Gasteiger partial charge in [0.05, 0.1) is 5.33 Å². The quantitative estimate of drug-likeness (QED) is 0.572. The van der Waals surface area contributed by atoms with Crippen LogP contribution in [-0.2, 0) is 9.59 Å². The Morgan fingerprint density at radius 1 is 1.44 bits per heavy atom. The lowest BCUT2D eigenvalue weighted by molar-refractivity contribution is -0.182. The molecule has 1 aliphatic heterocycles. The first-order valence-corrected chi connectivity index (χ1v) is 7.23. The second-order valence-electron chi connectivity index (χ2n) is 3.61. The van der Waals surface area contributed by atoms with Gasteiger partial charge in [-0.25, -0.2) is 8.78 Å². The number of rotatable bonds is 4. The molecule has 0 aromatic carbocycles. The summed E-state index contributed by atoms with van der Waals surface area (Å²) in [5.41, 5.74) is 0. The van der Waals surface area contributed by atoms with Crippen molar-refractivity contribution in [3.05, 3.63) is 0 Å². The highest BCUT2D eigenvalue weighted by molar-refractivity contribution is 9.09. The molecule has 0 radical (unpaired) electrons. The standard InChI is InChI=1S/C9H10BrF4NO2S/c10-3-6(16)5-4-18-2-1-15(5)8(17)9(13,14)7(11)12/h5,7H,1-4H2. The first-order chi connectivity index (χ1) is 8.32. The zero-order valence-electron chi connectivity index (χ0n) is 9.04. The molecule has 1 aliphatic rings. The van der Waals surface area contributed by atoms with E-state index < -0.39 is 30.1 Å². The number of halogens is 5. The van der Waals surface area contributed by atoms with E-state index >= 15 is 0 Å². The summed E-state index contributed by atoms with van der Waals surface area (Å²) in [4.78, 5) is 23.5. The minimum absolute atomic E-state index is 0.109. The minimum Gasteiger partial charge on any atom is -0.326 e. The Morgan fingerprint density at radius 2 is 2.06 bits per heavy atom. The Balaban J connectivity index is 2.90. The van der Waals surface area contributed by atoms with E-state index in [1.807, 2.05) is 0 Å². The third-order valence-electron chi connectivity index (χ3n) is 2.45. The largest absolute Gasteiger partial charge is 0.383 e. The molecule has 0 aromatic heterocycles. The van der Waals surface area contributed by atoms with E-state index in [-0.39, 0.29) is 17.6 Å². The van der Waals surface area contributed by atoms with Gasteiger partial charge in [-0.05, 0) is 0 Å². The number of alkyl halides is 5. The molecule has 3 nitrogen and oxygen atoms in total. The number of thioether (sulfide) groups is 1. The molecular formula is C9H10BrF4NO2S. The SMILES string of the molecule is O=C(CBr)C1CSCCN1C(=O)C(F)(F)C(F)F. The number of hydrogen-bond acceptors (Lipinski definition) is 3. The lowest BCUT2D eigenvalue weighted by Gasteiger charge is -2.35. The number of nitrogens with zero attached hydrogens (tertiary/aromatic N) is 1. The van der Waals surface area contributed by atoms with Crippen LogP contribution in [-0.4, -0.2) is 58.4 Å². The van der Waals surface area contributed by atoms with Crippen molar-refractivity contribution < 1.29 is 27.2 Å². The van der Waals surface area contributed by atoms with Gasteiger partial charge in [0.1, 0.15) is 6.04 Å². The molecule has 1 heterocycles. The van der Waals surface area contributed by atoms with Crippen LogP contribution in [0.1, 0.15) is 0 Å². The number of amides is 1. The fourth-order valence-corrected chi connectivity index (χ4v) is 2.94. The van der Waals surface area contributed by atoms with Crippen LogP contribution in [0, 0.1) is 0 Å². The summed E-state index contributed by atoms with van der Waals surface area (Å²) in [6, 6.07) is -1.07. The maximum atomic E-state index is 13.0. The molecule has 0 aliphatic carbocycles. The summed E-state index contributed by atoms with van der Waals surface area (Å²) in [6.45, 7) is -0.130. The summed E-state index contributed by atoms with van der Waals surface area (Å²) >= 11 is 4.19. The van der Waals surface area contributed by atoms with E-state index in [1.165, 1.54) is 11.8 Å². The fourth-order valence-electron chi connectivity index (χ4n) is 1.49. The predicted octanol–water partition coefficient (Wildman–Crippen LogP) is 1.79. The van der Waals surface area contributed by atoms with Crippen LogP contribution in [0.2, 0.25) is 0 Å². The van der Waals surface area contributed by atoms with Gasteiger partial charge in [-0.15, -0.1) is 0 Å². The molecule has 18 heavy (non-hydrogen) atoms. The van der Waals surface area contributed by atoms with Crippen molar-refractivity contribution in [2.75, 3.05) is 23.4 Å². The Hall–Kier alpha value is -0.310. The molecule has 1 fully saturated rings. The van der Waals surface area contributed by atoms with Crippen LogP contribution < -0.4 is 0 Å².